The van der Waals surface area contributed by atoms with Crippen LogP contribution >= 0.6 is 0 Å². The molecule has 2 heterocycles. The summed E-state index contributed by atoms with van der Waals surface area (Å²) in [6.45, 7) is 3.03. The van der Waals surface area contributed by atoms with Crippen LogP contribution in [0.5, 0.6) is 5.75 Å². The predicted molar refractivity (Wildman–Crippen MR) is 91.7 cm³/mol. The number of rotatable bonds is 2. The smallest absolute Gasteiger partial charge is 0.115 e. The number of nitrogens with one attached hydrogen (secondary N) is 1. The minimum Gasteiger partial charge on any atom is -0.508 e. The number of ether oxygens (including phenoxy) is 1. The molecule has 3 atom stereocenters. The molecule has 0 aliphatic carbocycles. The summed E-state index contributed by atoms with van der Waals surface area (Å²) in [5.74, 6) is 0.734. The third-order valence-corrected chi connectivity index (χ3v) is 5.20. The largest absolute Gasteiger partial charge is 0.508 e. The zero-order chi connectivity index (χ0) is 15.8. The molecule has 3 heteroatoms. The van der Waals surface area contributed by atoms with Crippen molar-refractivity contribution in [3.8, 4) is 5.75 Å². The molecule has 2 N–H and O–H groups in total. The highest BCUT2D eigenvalue weighted by Gasteiger charge is 2.40. The van der Waals surface area contributed by atoms with Gasteiger partial charge in [-0.3, -0.25) is 0 Å². The van der Waals surface area contributed by atoms with E-state index in [4.69, 9.17) is 4.74 Å². The number of phenolic OH excluding ortho intramolecular Hbond substituents is 1. The molecule has 2 aromatic rings. The lowest BCUT2D eigenvalue weighted by atomic mass is 9.77. The SMILES string of the molecule is CCc1cccc2c1N[C@H](c1cccc(O)c1)[C@@H]1CCCO[C@H]21. The van der Waals surface area contributed by atoms with E-state index in [1.54, 1.807) is 6.07 Å². The van der Waals surface area contributed by atoms with Crippen LogP contribution in [0.2, 0.25) is 0 Å². The van der Waals surface area contributed by atoms with E-state index in [1.807, 2.05) is 12.1 Å². The molecule has 0 amide bonds. The maximum atomic E-state index is 9.88. The maximum absolute atomic E-state index is 9.88. The number of aromatic hydroxyl groups is 1. The molecular formula is C20H23NO2. The Bertz CT molecular complexity index is 713. The molecule has 0 aromatic heterocycles. The van der Waals surface area contributed by atoms with Crippen molar-refractivity contribution in [2.24, 2.45) is 5.92 Å². The number of para-hydroxylation sites is 1. The fraction of sp³-hybridized carbons (Fsp3) is 0.400. The van der Waals surface area contributed by atoms with Gasteiger partial charge in [-0.15, -0.1) is 0 Å². The fourth-order valence-corrected chi connectivity index (χ4v) is 4.11. The average Bonchev–Trinajstić information content (AvgIpc) is 2.60. The first-order valence-electron chi connectivity index (χ1n) is 8.56. The molecule has 23 heavy (non-hydrogen) atoms. The first-order valence-corrected chi connectivity index (χ1v) is 8.56. The third kappa shape index (κ3) is 2.49. The maximum Gasteiger partial charge on any atom is 0.115 e. The molecule has 1 saturated heterocycles. The Morgan fingerprint density at radius 2 is 2.09 bits per heavy atom. The summed E-state index contributed by atoms with van der Waals surface area (Å²) >= 11 is 0. The van der Waals surface area contributed by atoms with Crippen molar-refractivity contribution in [3.63, 3.8) is 0 Å². The van der Waals surface area contributed by atoms with E-state index >= 15 is 0 Å². The van der Waals surface area contributed by atoms with E-state index < -0.39 is 0 Å². The summed E-state index contributed by atoms with van der Waals surface area (Å²) in [5, 5.41) is 13.6. The lowest BCUT2D eigenvalue weighted by Crippen LogP contribution is -2.36. The van der Waals surface area contributed by atoms with Gasteiger partial charge in [0, 0.05) is 23.8 Å². The number of benzene rings is 2. The van der Waals surface area contributed by atoms with Crippen molar-refractivity contribution in [2.45, 2.75) is 38.3 Å². The topological polar surface area (TPSA) is 41.5 Å². The van der Waals surface area contributed by atoms with Gasteiger partial charge in [0.2, 0.25) is 0 Å². The highest BCUT2D eigenvalue weighted by Crippen LogP contribution is 2.50. The summed E-state index contributed by atoms with van der Waals surface area (Å²) in [7, 11) is 0. The van der Waals surface area contributed by atoms with E-state index in [0.29, 0.717) is 11.7 Å². The summed E-state index contributed by atoms with van der Waals surface area (Å²) in [6, 6.07) is 14.3. The van der Waals surface area contributed by atoms with Gasteiger partial charge in [0.25, 0.3) is 0 Å². The number of aryl methyl sites for hydroxylation is 1. The van der Waals surface area contributed by atoms with Gasteiger partial charge in [0.1, 0.15) is 5.75 Å². The Balaban J connectivity index is 1.81. The lowest BCUT2D eigenvalue weighted by Gasteiger charge is -2.44. The van der Waals surface area contributed by atoms with E-state index in [-0.39, 0.29) is 12.1 Å². The zero-order valence-electron chi connectivity index (χ0n) is 13.5. The Hall–Kier alpha value is -2.00. The quantitative estimate of drug-likeness (QED) is 0.852. The minimum absolute atomic E-state index is 0.152. The van der Waals surface area contributed by atoms with Crippen LogP contribution in [0.4, 0.5) is 5.69 Å². The first-order chi connectivity index (χ1) is 11.3. The second-order valence-corrected chi connectivity index (χ2v) is 6.55. The molecule has 1 fully saturated rings. The van der Waals surface area contributed by atoms with Crippen molar-refractivity contribution in [3.05, 3.63) is 59.2 Å². The summed E-state index contributed by atoms with van der Waals surface area (Å²) in [4.78, 5) is 0. The van der Waals surface area contributed by atoms with Crippen molar-refractivity contribution >= 4 is 5.69 Å². The fourth-order valence-electron chi connectivity index (χ4n) is 4.11. The molecule has 0 saturated carbocycles. The molecule has 2 aromatic carbocycles. The number of phenols is 1. The van der Waals surface area contributed by atoms with Crippen LogP contribution in [0.15, 0.2) is 42.5 Å². The van der Waals surface area contributed by atoms with Gasteiger partial charge in [-0.1, -0.05) is 37.3 Å². The van der Waals surface area contributed by atoms with Gasteiger partial charge in [-0.25, -0.2) is 0 Å². The van der Waals surface area contributed by atoms with Crippen LogP contribution in [0.1, 0.15) is 48.6 Å². The Morgan fingerprint density at radius 1 is 1.22 bits per heavy atom. The van der Waals surface area contributed by atoms with Crippen LogP contribution < -0.4 is 5.32 Å². The predicted octanol–water partition coefficient (Wildman–Crippen LogP) is 4.59. The van der Waals surface area contributed by atoms with Gasteiger partial charge in [0.05, 0.1) is 12.1 Å². The highest BCUT2D eigenvalue weighted by molar-refractivity contribution is 5.62. The standard InChI is InChI=1S/C20H23NO2/c1-2-13-6-4-9-16-18(13)21-19(14-7-3-8-15(22)12-14)17-10-5-11-23-20(16)17/h3-4,6-9,12,17,19-22H,2,5,10-11H2,1H3/t17-,19+,20+/m0/s1. The first kappa shape index (κ1) is 14.6. The summed E-state index contributed by atoms with van der Waals surface area (Å²) in [6.07, 6.45) is 3.40. The monoisotopic (exact) mass is 309 g/mol. The minimum atomic E-state index is 0.152. The van der Waals surface area contributed by atoms with Gasteiger partial charge in [0.15, 0.2) is 0 Å². The molecule has 120 valence electrons. The van der Waals surface area contributed by atoms with Crippen LogP contribution in [0, 0.1) is 5.92 Å². The van der Waals surface area contributed by atoms with Crippen LogP contribution in [-0.4, -0.2) is 11.7 Å². The lowest BCUT2D eigenvalue weighted by molar-refractivity contribution is -0.0382. The molecule has 3 nitrogen and oxygen atoms in total. The molecular weight excluding hydrogens is 286 g/mol. The van der Waals surface area contributed by atoms with Gasteiger partial charge in [-0.2, -0.15) is 0 Å². The number of hydrogen-bond acceptors (Lipinski definition) is 3. The van der Waals surface area contributed by atoms with Crippen molar-refractivity contribution in [1.29, 1.82) is 0 Å². The second-order valence-electron chi connectivity index (χ2n) is 6.55. The van der Waals surface area contributed by atoms with Crippen LogP contribution in [0.25, 0.3) is 0 Å². The highest BCUT2D eigenvalue weighted by atomic mass is 16.5. The van der Waals surface area contributed by atoms with E-state index in [1.165, 1.54) is 16.8 Å². The Morgan fingerprint density at radius 3 is 2.91 bits per heavy atom. The number of fused-ring (bicyclic) bond motifs is 3. The number of anilines is 1. The Labute approximate surface area is 137 Å². The average molecular weight is 309 g/mol. The summed E-state index contributed by atoms with van der Waals surface area (Å²) in [5.41, 5.74) is 5.00. The van der Waals surface area contributed by atoms with E-state index in [9.17, 15) is 5.11 Å². The molecule has 0 spiro atoms. The van der Waals surface area contributed by atoms with Gasteiger partial charge >= 0.3 is 0 Å². The van der Waals surface area contributed by atoms with E-state index in [0.717, 1.165) is 31.4 Å². The van der Waals surface area contributed by atoms with Crippen molar-refractivity contribution in [2.75, 3.05) is 11.9 Å². The van der Waals surface area contributed by atoms with Crippen LogP contribution in [0.3, 0.4) is 0 Å². The van der Waals surface area contributed by atoms with E-state index in [2.05, 4.69) is 36.5 Å². The second kappa shape index (κ2) is 5.89. The molecule has 0 unspecified atom stereocenters. The molecule has 0 radical (unpaired) electrons. The molecule has 0 bridgehead atoms. The molecule has 2 aliphatic heterocycles. The van der Waals surface area contributed by atoms with Crippen molar-refractivity contribution < 1.29 is 9.84 Å². The van der Waals surface area contributed by atoms with Crippen molar-refractivity contribution in [1.82, 2.24) is 0 Å². The number of hydrogen-bond donors (Lipinski definition) is 2. The Kier molecular flexibility index (Phi) is 3.74. The molecule has 4 rings (SSSR count). The summed E-state index contributed by atoms with van der Waals surface area (Å²) < 4.78 is 6.19. The van der Waals surface area contributed by atoms with Crippen LogP contribution in [-0.2, 0) is 11.2 Å². The normalized spacial score (nSPS) is 26.0. The van der Waals surface area contributed by atoms with Gasteiger partial charge in [-0.05, 0) is 42.5 Å². The molecule has 2 aliphatic rings. The van der Waals surface area contributed by atoms with Gasteiger partial charge < -0.3 is 15.2 Å². The third-order valence-electron chi connectivity index (χ3n) is 5.20. The zero-order valence-corrected chi connectivity index (χ0v) is 13.5.